The highest BCUT2D eigenvalue weighted by atomic mass is 16.2. The second kappa shape index (κ2) is 5.80. The van der Waals surface area contributed by atoms with Crippen LogP contribution in [0, 0.1) is 6.92 Å². The Morgan fingerprint density at radius 2 is 1.83 bits per heavy atom. The summed E-state index contributed by atoms with van der Waals surface area (Å²) >= 11 is 0. The molecule has 3 rings (SSSR count). The molecule has 0 aliphatic carbocycles. The van der Waals surface area contributed by atoms with Gasteiger partial charge in [-0.1, -0.05) is 17.7 Å². The first kappa shape index (κ1) is 15.7. The van der Waals surface area contributed by atoms with Crippen LogP contribution in [0.15, 0.2) is 40.2 Å². The number of hydrogen-bond donors (Lipinski definition) is 1. The molecule has 0 saturated heterocycles. The summed E-state index contributed by atoms with van der Waals surface area (Å²) in [5.74, 6) is -0.445. The van der Waals surface area contributed by atoms with E-state index in [2.05, 4.69) is 10.3 Å². The minimum Gasteiger partial charge on any atom is -0.328 e. The average Bonchev–Trinajstić information content (AvgIpc) is 2.94. The Balaban J connectivity index is 1.96. The largest absolute Gasteiger partial charge is 0.332 e. The van der Waals surface area contributed by atoms with Gasteiger partial charge >= 0.3 is 5.69 Å². The van der Waals surface area contributed by atoms with Crippen LogP contribution in [0.2, 0.25) is 0 Å². The Morgan fingerprint density at radius 1 is 1.17 bits per heavy atom. The van der Waals surface area contributed by atoms with E-state index in [1.54, 1.807) is 19.2 Å². The number of anilines is 1. The molecule has 124 valence electrons. The molecule has 1 N–H and O–H groups in total. The Morgan fingerprint density at radius 3 is 2.50 bits per heavy atom. The van der Waals surface area contributed by atoms with Crippen molar-refractivity contribution in [2.45, 2.75) is 13.5 Å². The summed E-state index contributed by atoms with van der Waals surface area (Å²) in [7, 11) is 3.18. The van der Waals surface area contributed by atoms with Crippen LogP contribution in [0.4, 0.5) is 5.69 Å². The van der Waals surface area contributed by atoms with Crippen LogP contribution in [0.1, 0.15) is 5.56 Å². The summed E-state index contributed by atoms with van der Waals surface area (Å²) in [6.07, 6.45) is 1.46. The SMILES string of the molecule is Cc1ccc(NC(=O)Cn2c(=O)c3c(ncn3C)n(C)c2=O)cc1. The van der Waals surface area contributed by atoms with Crippen LogP contribution in [-0.4, -0.2) is 24.6 Å². The minimum absolute atomic E-state index is 0.278. The number of imidazole rings is 1. The summed E-state index contributed by atoms with van der Waals surface area (Å²) in [6, 6.07) is 7.25. The lowest BCUT2D eigenvalue weighted by Gasteiger charge is -2.09. The molecule has 1 amide bonds. The van der Waals surface area contributed by atoms with E-state index in [1.807, 2.05) is 19.1 Å². The summed E-state index contributed by atoms with van der Waals surface area (Å²) in [4.78, 5) is 41.1. The number of benzene rings is 1. The fraction of sp³-hybridized carbons (Fsp3) is 0.250. The number of rotatable bonds is 3. The molecule has 3 aromatic rings. The number of hydrogen-bond acceptors (Lipinski definition) is 4. The van der Waals surface area contributed by atoms with E-state index in [0.717, 1.165) is 10.1 Å². The molecule has 0 bridgehead atoms. The normalized spacial score (nSPS) is 11.0. The van der Waals surface area contributed by atoms with Crippen molar-refractivity contribution in [1.82, 2.24) is 18.7 Å². The van der Waals surface area contributed by atoms with Crippen LogP contribution in [0.5, 0.6) is 0 Å². The van der Waals surface area contributed by atoms with Crippen LogP contribution in [-0.2, 0) is 25.4 Å². The van der Waals surface area contributed by atoms with Gasteiger partial charge in [0.2, 0.25) is 5.91 Å². The van der Waals surface area contributed by atoms with Crippen molar-refractivity contribution in [2.24, 2.45) is 14.1 Å². The van der Waals surface area contributed by atoms with Gasteiger partial charge in [0.25, 0.3) is 5.56 Å². The molecule has 1 aromatic carbocycles. The zero-order valence-corrected chi connectivity index (χ0v) is 13.6. The van der Waals surface area contributed by atoms with Gasteiger partial charge in [0.1, 0.15) is 6.54 Å². The summed E-state index contributed by atoms with van der Waals surface area (Å²) in [5, 5.41) is 2.68. The number of carbonyl (C=O) groups excluding carboxylic acids is 1. The number of fused-ring (bicyclic) bond motifs is 1. The van der Waals surface area contributed by atoms with E-state index in [1.165, 1.54) is 22.5 Å². The van der Waals surface area contributed by atoms with Crippen molar-refractivity contribution in [3.63, 3.8) is 0 Å². The fourth-order valence-corrected chi connectivity index (χ4v) is 2.52. The predicted octanol–water partition coefficient (Wildman–Crippen LogP) is 0.381. The first-order valence-electron chi connectivity index (χ1n) is 7.36. The van der Waals surface area contributed by atoms with E-state index >= 15 is 0 Å². The summed E-state index contributed by atoms with van der Waals surface area (Å²) in [5.41, 5.74) is 1.14. The second-order valence-corrected chi connectivity index (χ2v) is 5.67. The maximum atomic E-state index is 12.5. The third-order valence-corrected chi connectivity index (χ3v) is 3.84. The van der Waals surface area contributed by atoms with Crippen molar-refractivity contribution >= 4 is 22.8 Å². The van der Waals surface area contributed by atoms with Gasteiger partial charge in [0.15, 0.2) is 11.2 Å². The molecule has 0 fully saturated rings. The van der Waals surface area contributed by atoms with Gasteiger partial charge in [-0.15, -0.1) is 0 Å². The van der Waals surface area contributed by atoms with Gasteiger partial charge in [0, 0.05) is 19.8 Å². The number of nitrogens with one attached hydrogen (secondary N) is 1. The number of amides is 1. The average molecular weight is 327 g/mol. The Hall–Kier alpha value is -3.16. The van der Waals surface area contributed by atoms with Crippen molar-refractivity contribution < 1.29 is 4.79 Å². The quantitative estimate of drug-likeness (QED) is 0.753. The first-order valence-corrected chi connectivity index (χ1v) is 7.36. The zero-order valence-electron chi connectivity index (χ0n) is 13.6. The lowest BCUT2D eigenvalue weighted by molar-refractivity contribution is -0.116. The molecule has 8 heteroatoms. The van der Waals surface area contributed by atoms with E-state index in [-0.39, 0.29) is 12.1 Å². The third-order valence-electron chi connectivity index (χ3n) is 3.84. The van der Waals surface area contributed by atoms with Crippen molar-refractivity contribution in [1.29, 1.82) is 0 Å². The van der Waals surface area contributed by atoms with Gasteiger partial charge in [-0.05, 0) is 19.1 Å². The van der Waals surface area contributed by atoms with E-state index < -0.39 is 17.2 Å². The van der Waals surface area contributed by atoms with Gasteiger partial charge in [-0.25, -0.2) is 14.3 Å². The molecule has 0 radical (unpaired) electrons. The number of nitrogens with zero attached hydrogens (tertiary/aromatic N) is 4. The van der Waals surface area contributed by atoms with Crippen LogP contribution < -0.4 is 16.6 Å². The highest BCUT2D eigenvalue weighted by Crippen LogP contribution is 2.08. The topological polar surface area (TPSA) is 90.9 Å². The molecular weight excluding hydrogens is 310 g/mol. The molecule has 0 spiro atoms. The highest BCUT2D eigenvalue weighted by Gasteiger charge is 2.16. The van der Waals surface area contributed by atoms with Gasteiger partial charge in [-0.2, -0.15) is 0 Å². The number of carbonyl (C=O) groups is 1. The molecule has 0 saturated carbocycles. The number of aryl methyl sites for hydroxylation is 3. The zero-order chi connectivity index (χ0) is 17.4. The summed E-state index contributed by atoms with van der Waals surface area (Å²) in [6.45, 7) is 1.58. The Kier molecular flexibility index (Phi) is 3.80. The smallest absolute Gasteiger partial charge is 0.328 e. The Labute approximate surface area is 137 Å². The van der Waals surface area contributed by atoms with Crippen LogP contribution in [0.25, 0.3) is 11.2 Å². The molecule has 2 heterocycles. The molecule has 0 unspecified atom stereocenters. The first-order chi connectivity index (χ1) is 11.4. The van der Waals surface area contributed by atoms with Crippen LogP contribution >= 0.6 is 0 Å². The molecule has 0 atom stereocenters. The van der Waals surface area contributed by atoms with E-state index in [9.17, 15) is 14.4 Å². The molecule has 0 aliphatic rings. The monoisotopic (exact) mass is 327 g/mol. The maximum absolute atomic E-state index is 12.5. The fourth-order valence-electron chi connectivity index (χ4n) is 2.52. The molecule has 24 heavy (non-hydrogen) atoms. The second-order valence-electron chi connectivity index (χ2n) is 5.67. The molecule has 0 aliphatic heterocycles. The van der Waals surface area contributed by atoms with Crippen molar-refractivity contribution in [3.05, 3.63) is 57.0 Å². The maximum Gasteiger partial charge on any atom is 0.332 e. The number of aromatic nitrogens is 4. The lowest BCUT2D eigenvalue weighted by atomic mass is 10.2. The predicted molar refractivity (Wildman–Crippen MR) is 90.0 cm³/mol. The van der Waals surface area contributed by atoms with Crippen molar-refractivity contribution in [2.75, 3.05) is 5.32 Å². The molecular formula is C16H17N5O3. The highest BCUT2D eigenvalue weighted by molar-refractivity contribution is 5.90. The van der Waals surface area contributed by atoms with Gasteiger partial charge < -0.3 is 9.88 Å². The van der Waals surface area contributed by atoms with E-state index in [0.29, 0.717) is 11.3 Å². The standard InChI is InChI=1S/C16H17N5O3/c1-10-4-6-11(7-5-10)18-12(22)8-21-15(23)13-14(17-9-19(13)2)20(3)16(21)24/h4-7,9H,8H2,1-3H3,(H,18,22). The summed E-state index contributed by atoms with van der Waals surface area (Å²) < 4.78 is 3.70. The van der Waals surface area contributed by atoms with Crippen LogP contribution in [0.3, 0.4) is 0 Å². The third kappa shape index (κ3) is 2.62. The molecule has 2 aromatic heterocycles. The molecule has 8 nitrogen and oxygen atoms in total. The van der Waals surface area contributed by atoms with Gasteiger partial charge in [0.05, 0.1) is 6.33 Å². The van der Waals surface area contributed by atoms with E-state index in [4.69, 9.17) is 0 Å². The van der Waals surface area contributed by atoms with Crippen molar-refractivity contribution in [3.8, 4) is 0 Å². The van der Waals surface area contributed by atoms with Gasteiger partial charge in [-0.3, -0.25) is 14.2 Å². The minimum atomic E-state index is -0.578. The Bertz CT molecular complexity index is 1040. The lowest BCUT2D eigenvalue weighted by Crippen LogP contribution is -2.42.